The Morgan fingerprint density at radius 1 is 1.33 bits per heavy atom. The number of thiol groups is 1. The molecule has 0 bridgehead atoms. The fourth-order valence-electron chi connectivity index (χ4n) is 1.30. The molecule has 1 aromatic rings. The number of phenols is 1. The molecule has 0 aliphatic carbocycles. The maximum Gasteiger partial charge on any atom is 0.129 e. The molecule has 0 amide bonds. The molecular formula is C12H16O2S. The minimum absolute atomic E-state index is 0.0889. The molecule has 0 unspecified atom stereocenters. The van der Waals surface area contributed by atoms with Crippen LogP contribution in [0.1, 0.15) is 31.9 Å². The standard InChI is InChI=1S/C12H16O2S/c1-4-5-8-6-9(12(2,3)14)7-10(13)11(8)15/h4-7,13-15H,1-3H3/b5-4-. The third kappa shape index (κ3) is 2.76. The molecule has 0 aliphatic heterocycles. The van der Waals surface area contributed by atoms with E-state index in [0.717, 1.165) is 5.56 Å². The van der Waals surface area contributed by atoms with Crippen molar-refractivity contribution in [3.63, 3.8) is 0 Å². The van der Waals surface area contributed by atoms with Crippen LogP contribution in [-0.4, -0.2) is 10.2 Å². The van der Waals surface area contributed by atoms with E-state index in [2.05, 4.69) is 12.6 Å². The normalized spacial score (nSPS) is 12.3. The van der Waals surface area contributed by atoms with Crippen LogP contribution < -0.4 is 0 Å². The molecule has 0 spiro atoms. The molecule has 0 atom stereocenters. The van der Waals surface area contributed by atoms with Crippen molar-refractivity contribution in [1.29, 1.82) is 0 Å². The predicted molar refractivity (Wildman–Crippen MR) is 65.3 cm³/mol. The molecule has 0 saturated carbocycles. The van der Waals surface area contributed by atoms with E-state index in [1.165, 1.54) is 6.07 Å². The summed E-state index contributed by atoms with van der Waals surface area (Å²) in [6, 6.07) is 3.36. The van der Waals surface area contributed by atoms with Crippen molar-refractivity contribution in [2.24, 2.45) is 0 Å². The molecule has 2 N–H and O–H groups in total. The Kier molecular flexibility index (Phi) is 3.47. The highest BCUT2D eigenvalue weighted by atomic mass is 32.1. The maximum atomic E-state index is 9.84. The van der Waals surface area contributed by atoms with Crippen LogP contribution in [0.5, 0.6) is 5.75 Å². The SMILES string of the molecule is C/C=C\c1cc(C(C)(C)O)cc(O)c1S. The average molecular weight is 224 g/mol. The third-order valence-corrected chi connectivity index (χ3v) is 2.66. The van der Waals surface area contributed by atoms with Crippen LogP contribution in [0.25, 0.3) is 6.08 Å². The summed E-state index contributed by atoms with van der Waals surface area (Å²) in [5.74, 6) is 0.0889. The van der Waals surface area contributed by atoms with Crippen molar-refractivity contribution < 1.29 is 10.2 Å². The summed E-state index contributed by atoms with van der Waals surface area (Å²) in [5, 5.41) is 19.5. The van der Waals surface area contributed by atoms with Gasteiger partial charge in [-0.2, -0.15) is 0 Å². The first-order valence-electron chi connectivity index (χ1n) is 4.77. The van der Waals surface area contributed by atoms with Crippen molar-refractivity contribution in [3.05, 3.63) is 29.3 Å². The molecule has 0 heterocycles. The fourth-order valence-corrected chi connectivity index (χ4v) is 1.50. The lowest BCUT2D eigenvalue weighted by molar-refractivity contribution is 0.0782. The van der Waals surface area contributed by atoms with Crippen LogP contribution in [-0.2, 0) is 5.60 Å². The first-order chi connectivity index (χ1) is 6.86. The molecule has 0 saturated heterocycles. The Morgan fingerprint density at radius 2 is 1.93 bits per heavy atom. The topological polar surface area (TPSA) is 40.5 Å². The van der Waals surface area contributed by atoms with E-state index in [-0.39, 0.29) is 5.75 Å². The minimum atomic E-state index is -0.963. The Hall–Kier alpha value is -0.930. The van der Waals surface area contributed by atoms with Gasteiger partial charge >= 0.3 is 0 Å². The summed E-state index contributed by atoms with van der Waals surface area (Å²) < 4.78 is 0. The third-order valence-electron chi connectivity index (χ3n) is 2.17. The van der Waals surface area contributed by atoms with Gasteiger partial charge < -0.3 is 10.2 Å². The van der Waals surface area contributed by atoms with Crippen LogP contribution in [0, 0.1) is 0 Å². The van der Waals surface area contributed by atoms with E-state index in [9.17, 15) is 10.2 Å². The summed E-state index contributed by atoms with van der Waals surface area (Å²) in [6.07, 6.45) is 3.71. The van der Waals surface area contributed by atoms with Crippen LogP contribution in [0.4, 0.5) is 0 Å². The molecule has 82 valence electrons. The van der Waals surface area contributed by atoms with E-state index < -0.39 is 5.60 Å². The lowest BCUT2D eigenvalue weighted by atomic mass is 9.96. The fraction of sp³-hybridized carbons (Fsp3) is 0.333. The molecule has 1 aromatic carbocycles. The van der Waals surface area contributed by atoms with E-state index in [1.54, 1.807) is 13.8 Å². The second-order valence-corrected chi connectivity index (χ2v) is 4.44. The Labute approximate surface area is 95.7 Å². The Balaban J connectivity index is 3.36. The molecule has 0 aliphatic rings. The lowest BCUT2D eigenvalue weighted by Gasteiger charge is -2.19. The number of hydrogen-bond acceptors (Lipinski definition) is 3. The van der Waals surface area contributed by atoms with Gasteiger partial charge in [-0.1, -0.05) is 12.2 Å². The second kappa shape index (κ2) is 4.29. The Bertz CT molecular complexity index is 389. The first kappa shape index (κ1) is 12.1. The lowest BCUT2D eigenvalue weighted by Crippen LogP contribution is -2.15. The summed E-state index contributed by atoms with van der Waals surface area (Å²) in [6.45, 7) is 5.25. The quantitative estimate of drug-likeness (QED) is 0.676. The van der Waals surface area contributed by atoms with Gasteiger partial charge in [0.15, 0.2) is 0 Å². The molecule has 0 aromatic heterocycles. The van der Waals surface area contributed by atoms with E-state index in [0.29, 0.717) is 10.5 Å². The van der Waals surface area contributed by atoms with Gasteiger partial charge in [0.25, 0.3) is 0 Å². The van der Waals surface area contributed by atoms with Crippen LogP contribution in [0.2, 0.25) is 0 Å². The van der Waals surface area contributed by atoms with Crippen molar-refractivity contribution in [2.75, 3.05) is 0 Å². The van der Waals surface area contributed by atoms with Gasteiger partial charge in [0, 0.05) is 0 Å². The summed E-state index contributed by atoms with van der Waals surface area (Å²) in [7, 11) is 0. The van der Waals surface area contributed by atoms with Gasteiger partial charge in [-0.25, -0.2) is 0 Å². The van der Waals surface area contributed by atoms with Crippen LogP contribution in [0.3, 0.4) is 0 Å². The molecule has 0 radical (unpaired) electrons. The first-order valence-corrected chi connectivity index (χ1v) is 5.22. The average Bonchev–Trinajstić information content (AvgIpc) is 2.11. The molecule has 1 rings (SSSR count). The van der Waals surface area contributed by atoms with E-state index >= 15 is 0 Å². The van der Waals surface area contributed by atoms with Crippen LogP contribution in [0.15, 0.2) is 23.1 Å². The van der Waals surface area contributed by atoms with Gasteiger partial charge in [0.05, 0.1) is 10.5 Å². The number of phenolic OH excluding ortho intramolecular Hbond substituents is 1. The molecular weight excluding hydrogens is 208 g/mol. The summed E-state index contributed by atoms with van der Waals surface area (Å²) in [4.78, 5) is 0.529. The maximum absolute atomic E-state index is 9.84. The smallest absolute Gasteiger partial charge is 0.129 e. The van der Waals surface area contributed by atoms with E-state index in [4.69, 9.17) is 0 Å². The van der Waals surface area contributed by atoms with Crippen molar-refractivity contribution in [3.8, 4) is 5.75 Å². The van der Waals surface area contributed by atoms with E-state index in [1.807, 2.05) is 25.1 Å². The van der Waals surface area contributed by atoms with Crippen molar-refractivity contribution in [2.45, 2.75) is 31.3 Å². The number of rotatable bonds is 2. The second-order valence-electron chi connectivity index (χ2n) is 3.99. The Morgan fingerprint density at radius 3 is 2.40 bits per heavy atom. The number of hydrogen-bond donors (Lipinski definition) is 3. The van der Waals surface area contributed by atoms with Crippen molar-refractivity contribution >= 4 is 18.7 Å². The minimum Gasteiger partial charge on any atom is -0.507 e. The monoisotopic (exact) mass is 224 g/mol. The van der Waals surface area contributed by atoms with Gasteiger partial charge in [-0.05, 0) is 44.0 Å². The molecule has 0 fully saturated rings. The highest BCUT2D eigenvalue weighted by Gasteiger charge is 2.18. The molecule has 3 heteroatoms. The number of allylic oxidation sites excluding steroid dienone is 1. The van der Waals surface area contributed by atoms with Crippen LogP contribution >= 0.6 is 12.6 Å². The highest BCUT2D eigenvalue weighted by Crippen LogP contribution is 2.32. The van der Waals surface area contributed by atoms with Gasteiger partial charge in [0.1, 0.15) is 5.75 Å². The predicted octanol–water partition coefficient (Wildman–Crippen LogP) is 2.94. The highest BCUT2D eigenvalue weighted by molar-refractivity contribution is 7.80. The number of aliphatic hydroxyl groups is 1. The zero-order chi connectivity index (χ0) is 11.6. The zero-order valence-electron chi connectivity index (χ0n) is 9.15. The van der Waals surface area contributed by atoms with Gasteiger partial charge in [-0.3, -0.25) is 0 Å². The number of aromatic hydroxyl groups is 1. The molecule has 2 nitrogen and oxygen atoms in total. The molecule has 15 heavy (non-hydrogen) atoms. The largest absolute Gasteiger partial charge is 0.507 e. The van der Waals surface area contributed by atoms with Gasteiger partial charge in [-0.15, -0.1) is 12.6 Å². The zero-order valence-corrected chi connectivity index (χ0v) is 10.0. The van der Waals surface area contributed by atoms with Gasteiger partial charge in [0.2, 0.25) is 0 Å². The number of benzene rings is 1. The van der Waals surface area contributed by atoms with Crippen molar-refractivity contribution in [1.82, 2.24) is 0 Å². The summed E-state index contributed by atoms with van der Waals surface area (Å²) >= 11 is 4.21. The summed E-state index contributed by atoms with van der Waals surface area (Å²) in [5.41, 5.74) is 0.513.